The van der Waals surface area contributed by atoms with E-state index in [1.807, 2.05) is 0 Å². The van der Waals surface area contributed by atoms with E-state index in [4.69, 9.17) is 20.6 Å². The summed E-state index contributed by atoms with van der Waals surface area (Å²) in [5, 5.41) is 7.30. The Labute approximate surface area is 88.7 Å². The molecule has 0 radical (unpaired) electrons. The Bertz CT molecular complexity index is 328. The fourth-order valence-corrected chi connectivity index (χ4v) is 1.09. The number of methoxy groups -OCH3 is 1. The van der Waals surface area contributed by atoms with Crippen LogP contribution in [0.15, 0.2) is 18.3 Å². The predicted octanol–water partition coefficient (Wildman–Crippen LogP) is 0.781. The topological polar surface area (TPSA) is 81.2 Å². The number of nitrogens with zero attached hydrogens (tertiary/aromatic N) is 1. The molecule has 0 saturated heterocycles. The van der Waals surface area contributed by atoms with E-state index in [-0.39, 0.29) is 5.84 Å². The van der Waals surface area contributed by atoms with Crippen molar-refractivity contribution in [3.05, 3.63) is 24.0 Å². The van der Waals surface area contributed by atoms with Crippen LogP contribution in [0.5, 0.6) is 5.75 Å². The molecule has 0 fully saturated rings. The van der Waals surface area contributed by atoms with Gasteiger partial charge in [-0.1, -0.05) is 0 Å². The van der Waals surface area contributed by atoms with Crippen LogP contribution in [0.4, 0.5) is 0 Å². The van der Waals surface area contributed by atoms with Gasteiger partial charge in [0.15, 0.2) is 0 Å². The third kappa shape index (κ3) is 3.55. The smallest absolute Gasteiger partial charge is 0.148 e. The third-order valence-corrected chi connectivity index (χ3v) is 1.78. The molecule has 0 spiro atoms. The van der Waals surface area contributed by atoms with Gasteiger partial charge in [0.05, 0.1) is 6.61 Å². The van der Waals surface area contributed by atoms with E-state index in [2.05, 4.69) is 4.98 Å². The summed E-state index contributed by atoms with van der Waals surface area (Å²) in [7, 11) is 1.64. The second-order valence-electron chi connectivity index (χ2n) is 2.96. The third-order valence-electron chi connectivity index (χ3n) is 1.78. The van der Waals surface area contributed by atoms with Crippen LogP contribution in [0.25, 0.3) is 0 Å². The second-order valence-corrected chi connectivity index (χ2v) is 2.96. The molecular formula is C10H15N3O2. The molecule has 0 aliphatic heterocycles. The fraction of sp³-hybridized carbons (Fsp3) is 0.400. The highest BCUT2D eigenvalue weighted by atomic mass is 16.5. The number of hydrogen-bond acceptors (Lipinski definition) is 4. The van der Waals surface area contributed by atoms with E-state index < -0.39 is 0 Å². The molecule has 0 atom stereocenters. The van der Waals surface area contributed by atoms with Gasteiger partial charge in [-0.15, -0.1) is 0 Å². The molecule has 0 aliphatic rings. The van der Waals surface area contributed by atoms with E-state index in [0.29, 0.717) is 24.7 Å². The zero-order valence-corrected chi connectivity index (χ0v) is 8.69. The zero-order chi connectivity index (χ0) is 11.1. The normalized spacial score (nSPS) is 9.93. The second kappa shape index (κ2) is 5.98. The molecule has 1 heterocycles. The van der Waals surface area contributed by atoms with Crippen molar-refractivity contribution in [3.8, 4) is 5.75 Å². The molecular weight excluding hydrogens is 194 g/mol. The summed E-state index contributed by atoms with van der Waals surface area (Å²) in [5.41, 5.74) is 5.75. The minimum atomic E-state index is -0.0858. The highest BCUT2D eigenvalue weighted by Gasteiger charge is 2.06. The van der Waals surface area contributed by atoms with Crippen LogP contribution in [0.2, 0.25) is 0 Å². The largest absolute Gasteiger partial charge is 0.491 e. The van der Waals surface area contributed by atoms with Crippen molar-refractivity contribution < 1.29 is 9.47 Å². The Morgan fingerprint density at radius 2 is 2.33 bits per heavy atom. The van der Waals surface area contributed by atoms with Gasteiger partial charge >= 0.3 is 0 Å². The standard InChI is InChI=1S/C10H15N3O2/c1-14-6-3-7-15-8-4-2-5-13-9(8)10(11)12/h2,4-5H,3,6-7H2,1H3,(H3,11,12). The van der Waals surface area contributed by atoms with E-state index >= 15 is 0 Å². The van der Waals surface area contributed by atoms with Crippen LogP contribution < -0.4 is 10.5 Å². The molecule has 82 valence electrons. The van der Waals surface area contributed by atoms with Crippen molar-refractivity contribution >= 4 is 5.84 Å². The van der Waals surface area contributed by atoms with Crippen LogP contribution in [0.3, 0.4) is 0 Å². The van der Waals surface area contributed by atoms with Gasteiger partial charge in [-0.05, 0) is 12.1 Å². The van der Waals surface area contributed by atoms with Crippen molar-refractivity contribution in [2.45, 2.75) is 6.42 Å². The van der Waals surface area contributed by atoms with Gasteiger partial charge in [0.25, 0.3) is 0 Å². The van der Waals surface area contributed by atoms with Gasteiger partial charge < -0.3 is 15.2 Å². The molecule has 0 aliphatic carbocycles. The quantitative estimate of drug-likeness (QED) is 0.412. The number of amidine groups is 1. The summed E-state index contributed by atoms with van der Waals surface area (Å²) >= 11 is 0. The van der Waals surface area contributed by atoms with Crippen LogP contribution in [-0.4, -0.2) is 31.1 Å². The molecule has 1 aromatic heterocycles. The molecule has 15 heavy (non-hydrogen) atoms. The molecule has 5 heteroatoms. The van der Waals surface area contributed by atoms with Crippen LogP contribution in [0, 0.1) is 5.41 Å². The summed E-state index contributed by atoms with van der Waals surface area (Å²) in [6.45, 7) is 1.18. The van der Waals surface area contributed by atoms with Crippen molar-refractivity contribution in [2.24, 2.45) is 5.73 Å². The Morgan fingerprint density at radius 1 is 1.53 bits per heavy atom. The average Bonchev–Trinajstić information content (AvgIpc) is 2.25. The number of pyridine rings is 1. The summed E-state index contributed by atoms with van der Waals surface area (Å²) < 4.78 is 10.3. The molecule has 0 aromatic carbocycles. The first-order valence-electron chi connectivity index (χ1n) is 4.67. The predicted molar refractivity (Wildman–Crippen MR) is 57.2 cm³/mol. The lowest BCUT2D eigenvalue weighted by Gasteiger charge is -2.08. The fourth-order valence-electron chi connectivity index (χ4n) is 1.09. The Kier molecular flexibility index (Phi) is 4.56. The lowest BCUT2D eigenvalue weighted by Crippen LogP contribution is -2.15. The van der Waals surface area contributed by atoms with Crippen LogP contribution in [0.1, 0.15) is 12.1 Å². The van der Waals surface area contributed by atoms with E-state index in [9.17, 15) is 0 Å². The lowest BCUT2D eigenvalue weighted by molar-refractivity contribution is 0.172. The number of aromatic nitrogens is 1. The Balaban J connectivity index is 2.56. The maximum atomic E-state index is 7.30. The Morgan fingerprint density at radius 3 is 3.00 bits per heavy atom. The van der Waals surface area contributed by atoms with E-state index in [1.165, 1.54) is 0 Å². The maximum Gasteiger partial charge on any atom is 0.148 e. The van der Waals surface area contributed by atoms with Gasteiger partial charge in [0, 0.05) is 26.3 Å². The monoisotopic (exact) mass is 209 g/mol. The first kappa shape index (κ1) is 11.5. The van der Waals surface area contributed by atoms with Crippen molar-refractivity contribution in [3.63, 3.8) is 0 Å². The highest BCUT2D eigenvalue weighted by molar-refractivity contribution is 5.95. The molecule has 0 unspecified atom stereocenters. The highest BCUT2D eigenvalue weighted by Crippen LogP contribution is 2.14. The number of hydrogen-bond donors (Lipinski definition) is 2. The molecule has 3 N–H and O–H groups in total. The first-order valence-corrected chi connectivity index (χ1v) is 4.67. The van der Waals surface area contributed by atoms with Crippen molar-refractivity contribution in [2.75, 3.05) is 20.3 Å². The molecule has 1 aromatic rings. The lowest BCUT2D eigenvalue weighted by atomic mass is 10.3. The van der Waals surface area contributed by atoms with Crippen molar-refractivity contribution in [1.29, 1.82) is 5.41 Å². The van der Waals surface area contributed by atoms with Crippen LogP contribution in [-0.2, 0) is 4.74 Å². The van der Waals surface area contributed by atoms with E-state index in [0.717, 1.165) is 6.42 Å². The number of nitrogens with two attached hydrogens (primary N) is 1. The van der Waals surface area contributed by atoms with Gasteiger partial charge in [0.1, 0.15) is 17.3 Å². The molecule has 0 amide bonds. The SMILES string of the molecule is COCCCOc1cccnc1C(=N)N. The summed E-state index contributed by atoms with van der Waals surface area (Å²) in [6.07, 6.45) is 2.38. The minimum Gasteiger partial charge on any atom is -0.491 e. The molecule has 0 saturated carbocycles. The Hall–Kier alpha value is -1.62. The van der Waals surface area contributed by atoms with Gasteiger partial charge in [-0.25, -0.2) is 4.98 Å². The van der Waals surface area contributed by atoms with E-state index in [1.54, 1.807) is 25.4 Å². The molecule has 5 nitrogen and oxygen atoms in total. The summed E-state index contributed by atoms with van der Waals surface area (Å²) in [6, 6.07) is 3.49. The minimum absolute atomic E-state index is 0.0858. The van der Waals surface area contributed by atoms with Crippen molar-refractivity contribution in [1.82, 2.24) is 4.98 Å². The number of nitrogen functional groups attached to an aromatic ring is 1. The first-order chi connectivity index (χ1) is 7.25. The van der Waals surface area contributed by atoms with Gasteiger partial charge in [-0.3, -0.25) is 5.41 Å². The van der Waals surface area contributed by atoms with Gasteiger partial charge in [-0.2, -0.15) is 0 Å². The summed E-state index contributed by atoms with van der Waals surface area (Å²) in [5.74, 6) is 0.457. The van der Waals surface area contributed by atoms with Gasteiger partial charge in [0.2, 0.25) is 0 Å². The van der Waals surface area contributed by atoms with Crippen LogP contribution >= 0.6 is 0 Å². The summed E-state index contributed by atoms with van der Waals surface area (Å²) in [4.78, 5) is 3.97. The number of nitrogens with one attached hydrogen (secondary N) is 1. The maximum absolute atomic E-state index is 7.30. The molecule has 0 bridgehead atoms. The average molecular weight is 209 g/mol. The molecule has 1 rings (SSSR count). The zero-order valence-electron chi connectivity index (χ0n) is 8.69. The number of rotatable bonds is 6. The number of ether oxygens (including phenoxy) is 2.